The lowest BCUT2D eigenvalue weighted by Crippen LogP contribution is -2.47. The van der Waals surface area contributed by atoms with E-state index in [0.29, 0.717) is 12.2 Å². The van der Waals surface area contributed by atoms with Crippen molar-refractivity contribution in [3.63, 3.8) is 0 Å². The van der Waals surface area contributed by atoms with Crippen LogP contribution in [0.5, 0.6) is 17.2 Å². The lowest BCUT2D eigenvalue weighted by Gasteiger charge is -2.31. The second kappa shape index (κ2) is 13.8. The normalized spacial score (nSPS) is 20.9. The Hall–Kier alpha value is -4.44. The summed E-state index contributed by atoms with van der Waals surface area (Å²) in [6.45, 7) is 5.09. The fourth-order valence-electron chi connectivity index (χ4n) is 4.59. The molecule has 4 unspecified atom stereocenters. The van der Waals surface area contributed by atoms with Crippen LogP contribution in [0.3, 0.4) is 0 Å². The molecule has 10 heteroatoms. The first-order valence-electron chi connectivity index (χ1n) is 13.3. The third-order valence-electron chi connectivity index (χ3n) is 6.62. The molecule has 216 valence electrons. The molecule has 0 aliphatic carbocycles. The van der Waals surface area contributed by atoms with Crippen LogP contribution in [-0.2, 0) is 25.5 Å². The molecule has 1 aliphatic rings. The molecule has 4 rings (SSSR count). The number of para-hydroxylation sites is 1. The number of aromatic nitrogens is 1. The topological polar surface area (TPSA) is 122 Å². The third kappa shape index (κ3) is 7.82. The Morgan fingerprint density at radius 2 is 1.78 bits per heavy atom. The van der Waals surface area contributed by atoms with Gasteiger partial charge in [0.05, 0.1) is 20.3 Å². The van der Waals surface area contributed by atoms with E-state index >= 15 is 0 Å². The van der Waals surface area contributed by atoms with Gasteiger partial charge in [0.2, 0.25) is 5.75 Å². The van der Waals surface area contributed by atoms with Gasteiger partial charge in [0.1, 0.15) is 18.0 Å². The van der Waals surface area contributed by atoms with Gasteiger partial charge in [-0.3, -0.25) is 9.59 Å². The highest BCUT2D eigenvalue weighted by Crippen LogP contribution is 2.30. The lowest BCUT2D eigenvalue weighted by atomic mass is 9.91. The summed E-state index contributed by atoms with van der Waals surface area (Å²) in [5, 5.41) is 2.61. The van der Waals surface area contributed by atoms with Gasteiger partial charge in [0, 0.05) is 25.1 Å². The van der Waals surface area contributed by atoms with E-state index in [4.69, 9.17) is 23.7 Å². The van der Waals surface area contributed by atoms with Crippen molar-refractivity contribution in [1.82, 2.24) is 10.3 Å². The van der Waals surface area contributed by atoms with Crippen molar-refractivity contribution < 1.29 is 38.1 Å². The molecule has 1 fully saturated rings. The fraction of sp³-hybridized carbons (Fsp3) is 0.355. The quantitative estimate of drug-likeness (QED) is 0.410. The molecule has 1 aliphatic heterocycles. The number of cyclic esters (lactones) is 1. The molecule has 0 spiro atoms. The number of carbonyl (C=O) groups excluding carboxylic acids is 3. The maximum absolute atomic E-state index is 13.3. The molecular weight excluding hydrogens is 528 g/mol. The molecule has 0 radical (unpaired) electrons. The number of benzene rings is 2. The van der Waals surface area contributed by atoms with Gasteiger partial charge in [0.25, 0.3) is 5.91 Å². The monoisotopic (exact) mass is 562 g/mol. The van der Waals surface area contributed by atoms with Crippen molar-refractivity contribution >= 4 is 17.8 Å². The Bertz CT molecular complexity index is 1350. The number of pyridine rings is 1. The van der Waals surface area contributed by atoms with Crippen molar-refractivity contribution in [3.8, 4) is 17.2 Å². The largest absolute Gasteiger partial charge is 0.493 e. The number of rotatable bonds is 8. The second-order valence-corrected chi connectivity index (χ2v) is 9.84. The van der Waals surface area contributed by atoms with E-state index in [-0.39, 0.29) is 36.3 Å². The molecule has 1 saturated heterocycles. The summed E-state index contributed by atoms with van der Waals surface area (Å²) in [4.78, 5) is 42.2. The number of hydrogen-bond donors (Lipinski definition) is 1. The van der Waals surface area contributed by atoms with Gasteiger partial charge in [0.15, 0.2) is 17.5 Å². The Kier molecular flexibility index (Phi) is 9.91. The van der Waals surface area contributed by atoms with Gasteiger partial charge < -0.3 is 29.0 Å². The van der Waals surface area contributed by atoms with Gasteiger partial charge in [-0.05, 0) is 38.0 Å². The molecule has 1 amide bonds. The van der Waals surface area contributed by atoms with Crippen LogP contribution >= 0.6 is 0 Å². The van der Waals surface area contributed by atoms with Crippen molar-refractivity contribution in [2.24, 2.45) is 5.92 Å². The van der Waals surface area contributed by atoms with E-state index in [1.807, 2.05) is 49.4 Å². The Morgan fingerprint density at radius 3 is 2.46 bits per heavy atom. The first-order valence-corrected chi connectivity index (χ1v) is 13.3. The second-order valence-electron chi connectivity index (χ2n) is 9.84. The zero-order valence-corrected chi connectivity index (χ0v) is 23.5. The molecule has 4 atom stereocenters. The third-order valence-corrected chi connectivity index (χ3v) is 6.62. The molecule has 2 heterocycles. The molecule has 0 bridgehead atoms. The van der Waals surface area contributed by atoms with Gasteiger partial charge in [-0.2, -0.15) is 0 Å². The number of hydrogen-bond acceptors (Lipinski definition) is 9. The first kappa shape index (κ1) is 29.5. The molecular formula is C31H34N2O8. The van der Waals surface area contributed by atoms with E-state index in [9.17, 15) is 14.4 Å². The standard InChI is InChI=1S/C31H34N2O8/c1-19-10-12-22(13-11-19)16-23-17-38-18-25(31(36)39-20(2)28(23)41-24-8-6-5-7-9-24)33-30(35)27-29(40-21(3)34)26(37-4)14-15-32-27/h5-15,20,23,25,28H,16-18H2,1-4H3,(H,33,35). The molecule has 1 N–H and O–H groups in total. The number of methoxy groups -OCH3 is 1. The summed E-state index contributed by atoms with van der Waals surface area (Å²) in [5.74, 6) is -1.66. The number of amides is 1. The van der Waals surface area contributed by atoms with Crippen LogP contribution in [0.2, 0.25) is 0 Å². The lowest BCUT2D eigenvalue weighted by molar-refractivity contribution is -0.156. The zero-order chi connectivity index (χ0) is 29.4. The number of nitrogens with zero attached hydrogens (tertiary/aromatic N) is 1. The highest BCUT2D eigenvalue weighted by atomic mass is 16.6. The fourth-order valence-corrected chi connectivity index (χ4v) is 4.59. The minimum atomic E-state index is -1.15. The van der Waals surface area contributed by atoms with Crippen molar-refractivity contribution in [2.75, 3.05) is 20.3 Å². The average Bonchev–Trinajstić information content (AvgIpc) is 3.00. The van der Waals surface area contributed by atoms with Crippen LogP contribution in [0.1, 0.15) is 35.5 Å². The predicted octanol–water partition coefficient (Wildman–Crippen LogP) is 3.69. The van der Waals surface area contributed by atoms with E-state index in [2.05, 4.69) is 22.4 Å². The van der Waals surface area contributed by atoms with Gasteiger partial charge in [-0.1, -0.05) is 48.0 Å². The minimum Gasteiger partial charge on any atom is -0.493 e. The summed E-state index contributed by atoms with van der Waals surface area (Å²) < 4.78 is 28.6. The van der Waals surface area contributed by atoms with Crippen LogP contribution in [0.25, 0.3) is 0 Å². The molecule has 41 heavy (non-hydrogen) atoms. The summed E-state index contributed by atoms with van der Waals surface area (Å²) in [7, 11) is 1.37. The summed E-state index contributed by atoms with van der Waals surface area (Å²) in [5.41, 5.74) is 2.03. The van der Waals surface area contributed by atoms with E-state index in [1.165, 1.54) is 26.3 Å². The number of esters is 2. The average molecular weight is 563 g/mol. The van der Waals surface area contributed by atoms with Crippen LogP contribution in [0.4, 0.5) is 0 Å². The van der Waals surface area contributed by atoms with Crippen molar-refractivity contribution in [1.29, 1.82) is 0 Å². The van der Waals surface area contributed by atoms with Crippen molar-refractivity contribution in [2.45, 2.75) is 45.4 Å². The predicted molar refractivity (Wildman–Crippen MR) is 149 cm³/mol. The summed E-state index contributed by atoms with van der Waals surface area (Å²) in [6, 6.07) is 17.8. The highest BCUT2D eigenvalue weighted by molar-refractivity contribution is 5.98. The highest BCUT2D eigenvalue weighted by Gasteiger charge is 2.37. The van der Waals surface area contributed by atoms with E-state index in [0.717, 1.165) is 11.1 Å². The summed E-state index contributed by atoms with van der Waals surface area (Å²) >= 11 is 0. The Balaban J connectivity index is 1.57. The van der Waals surface area contributed by atoms with Crippen LogP contribution in [0.15, 0.2) is 66.9 Å². The van der Waals surface area contributed by atoms with E-state index in [1.54, 1.807) is 6.92 Å². The smallest absolute Gasteiger partial charge is 0.331 e. The summed E-state index contributed by atoms with van der Waals surface area (Å²) in [6.07, 6.45) is 0.747. The first-order chi connectivity index (χ1) is 19.7. The maximum atomic E-state index is 13.3. The number of carbonyl (C=O) groups is 3. The minimum absolute atomic E-state index is 0.141. The Morgan fingerprint density at radius 1 is 1.05 bits per heavy atom. The molecule has 10 nitrogen and oxygen atoms in total. The number of nitrogens with one attached hydrogen (secondary N) is 1. The van der Waals surface area contributed by atoms with Crippen LogP contribution < -0.4 is 19.5 Å². The van der Waals surface area contributed by atoms with Crippen LogP contribution in [-0.4, -0.2) is 61.4 Å². The Labute approximate surface area is 238 Å². The molecule has 2 aromatic carbocycles. The molecule has 3 aromatic rings. The number of ether oxygens (including phenoxy) is 5. The maximum Gasteiger partial charge on any atom is 0.331 e. The van der Waals surface area contributed by atoms with E-state index < -0.39 is 36.1 Å². The molecule has 0 saturated carbocycles. The zero-order valence-electron chi connectivity index (χ0n) is 23.5. The van der Waals surface area contributed by atoms with Gasteiger partial charge >= 0.3 is 11.9 Å². The molecule has 1 aromatic heterocycles. The van der Waals surface area contributed by atoms with Crippen molar-refractivity contribution in [3.05, 3.63) is 83.7 Å². The number of aryl methyl sites for hydroxylation is 1. The SMILES string of the molecule is COc1ccnc(C(=O)NC2COCC(Cc3ccc(C)cc3)C(Oc3ccccc3)C(C)OC2=O)c1OC(C)=O. The van der Waals surface area contributed by atoms with Gasteiger partial charge in [-0.25, -0.2) is 9.78 Å². The van der Waals surface area contributed by atoms with Gasteiger partial charge in [-0.15, -0.1) is 0 Å². The van der Waals surface area contributed by atoms with Crippen LogP contribution in [0, 0.1) is 12.8 Å².